The summed E-state index contributed by atoms with van der Waals surface area (Å²) in [6.07, 6.45) is 5.93. The van der Waals surface area contributed by atoms with Crippen molar-refractivity contribution < 1.29 is 4.74 Å². The highest BCUT2D eigenvalue weighted by molar-refractivity contribution is 7.09. The van der Waals surface area contributed by atoms with Gasteiger partial charge in [0.25, 0.3) is 0 Å². The molecule has 1 N–H and O–H groups in total. The predicted molar refractivity (Wildman–Crippen MR) is 87.5 cm³/mol. The molecule has 1 unspecified atom stereocenters. The van der Waals surface area contributed by atoms with E-state index in [1.165, 1.54) is 30.6 Å². The highest BCUT2D eigenvalue weighted by Gasteiger charge is 2.43. The highest BCUT2D eigenvalue weighted by Crippen LogP contribution is 2.44. The van der Waals surface area contributed by atoms with Crippen LogP contribution in [-0.2, 0) is 11.2 Å². The molecule has 1 heterocycles. The largest absolute Gasteiger partial charge is 0.377 e. The van der Waals surface area contributed by atoms with E-state index in [4.69, 9.17) is 4.74 Å². The van der Waals surface area contributed by atoms with Crippen LogP contribution in [0.3, 0.4) is 0 Å². The van der Waals surface area contributed by atoms with Gasteiger partial charge in [-0.15, -0.1) is 11.3 Å². The zero-order valence-electron chi connectivity index (χ0n) is 13.4. The van der Waals surface area contributed by atoms with E-state index in [0.29, 0.717) is 11.5 Å². The molecule has 1 saturated carbocycles. The third kappa shape index (κ3) is 3.63. The van der Waals surface area contributed by atoms with Crippen molar-refractivity contribution in [3.63, 3.8) is 0 Å². The van der Waals surface area contributed by atoms with Crippen molar-refractivity contribution in [3.8, 4) is 0 Å². The number of ether oxygens (including phenoxy) is 1. The molecule has 2 nitrogen and oxygen atoms in total. The summed E-state index contributed by atoms with van der Waals surface area (Å²) < 4.78 is 6.08. The fourth-order valence-electron chi connectivity index (χ4n) is 3.37. The molecule has 1 aromatic heterocycles. The molecule has 1 aromatic rings. The van der Waals surface area contributed by atoms with Gasteiger partial charge < -0.3 is 10.1 Å². The van der Waals surface area contributed by atoms with Crippen molar-refractivity contribution in [1.29, 1.82) is 0 Å². The summed E-state index contributed by atoms with van der Waals surface area (Å²) in [5, 5.41) is 5.86. The van der Waals surface area contributed by atoms with Gasteiger partial charge in [-0.25, -0.2) is 0 Å². The predicted octanol–water partition coefficient (Wildman–Crippen LogP) is 4.25. The van der Waals surface area contributed by atoms with E-state index in [1.807, 2.05) is 18.4 Å². The molecule has 0 radical (unpaired) electrons. The van der Waals surface area contributed by atoms with Gasteiger partial charge in [-0.3, -0.25) is 0 Å². The maximum Gasteiger partial charge on any atom is 0.0834 e. The first-order valence-electron chi connectivity index (χ1n) is 7.82. The van der Waals surface area contributed by atoms with Crippen molar-refractivity contribution >= 4 is 11.3 Å². The molecule has 1 aliphatic rings. The van der Waals surface area contributed by atoms with E-state index in [0.717, 1.165) is 13.0 Å². The molecule has 20 heavy (non-hydrogen) atoms. The summed E-state index contributed by atoms with van der Waals surface area (Å²) in [4.78, 5) is 1.46. The van der Waals surface area contributed by atoms with Gasteiger partial charge >= 0.3 is 0 Å². The maximum absolute atomic E-state index is 6.08. The standard InChI is InChI=1S/C17H29NOS/c1-5-18-15(13-14-7-6-12-20-14)17(19-4)10-8-16(2,3)9-11-17/h6-7,12,15,18H,5,8-11,13H2,1-4H3. The molecular weight excluding hydrogens is 266 g/mol. The van der Waals surface area contributed by atoms with Crippen LogP contribution in [0.25, 0.3) is 0 Å². The number of hydrogen-bond donors (Lipinski definition) is 1. The van der Waals surface area contributed by atoms with Crippen LogP contribution >= 0.6 is 11.3 Å². The topological polar surface area (TPSA) is 21.3 Å². The lowest BCUT2D eigenvalue weighted by Gasteiger charge is -2.47. The van der Waals surface area contributed by atoms with Gasteiger partial charge in [0.05, 0.1) is 5.60 Å². The summed E-state index contributed by atoms with van der Waals surface area (Å²) in [5.74, 6) is 0. The van der Waals surface area contributed by atoms with Crippen LogP contribution in [0.1, 0.15) is 51.3 Å². The third-order valence-corrected chi connectivity index (χ3v) is 5.83. The third-order valence-electron chi connectivity index (χ3n) is 4.93. The second-order valence-corrected chi connectivity index (χ2v) is 7.86. The normalized spacial score (nSPS) is 22.6. The Bertz CT molecular complexity index is 389. The van der Waals surface area contributed by atoms with Gasteiger partial charge in [-0.1, -0.05) is 26.8 Å². The van der Waals surface area contributed by atoms with E-state index in [2.05, 4.69) is 43.6 Å². The van der Waals surface area contributed by atoms with Gasteiger partial charge in [0.2, 0.25) is 0 Å². The van der Waals surface area contributed by atoms with Gasteiger partial charge in [0, 0.05) is 18.0 Å². The van der Waals surface area contributed by atoms with Crippen molar-refractivity contribution in [1.82, 2.24) is 5.32 Å². The van der Waals surface area contributed by atoms with Crippen LogP contribution in [0.5, 0.6) is 0 Å². The fraction of sp³-hybridized carbons (Fsp3) is 0.765. The summed E-state index contributed by atoms with van der Waals surface area (Å²) >= 11 is 1.85. The Hall–Kier alpha value is -0.380. The van der Waals surface area contributed by atoms with Crippen molar-refractivity contribution in [2.24, 2.45) is 5.41 Å². The molecule has 0 saturated heterocycles. The monoisotopic (exact) mass is 295 g/mol. The fourth-order valence-corrected chi connectivity index (χ4v) is 4.12. The number of thiophene rings is 1. The van der Waals surface area contributed by atoms with E-state index in [-0.39, 0.29) is 5.60 Å². The number of nitrogens with one attached hydrogen (secondary N) is 1. The van der Waals surface area contributed by atoms with Crippen LogP contribution in [0, 0.1) is 5.41 Å². The summed E-state index contributed by atoms with van der Waals surface area (Å²) in [5.41, 5.74) is 0.483. The zero-order chi connectivity index (χ0) is 14.6. The molecular formula is C17H29NOS. The summed E-state index contributed by atoms with van der Waals surface area (Å²) in [6, 6.07) is 4.81. The minimum Gasteiger partial charge on any atom is -0.377 e. The van der Waals surface area contributed by atoms with Crippen LogP contribution in [-0.4, -0.2) is 25.3 Å². The molecule has 0 amide bonds. The van der Waals surface area contributed by atoms with Crippen LogP contribution in [0.2, 0.25) is 0 Å². The molecule has 3 heteroatoms. The van der Waals surface area contributed by atoms with E-state index >= 15 is 0 Å². The minimum absolute atomic E-state index is 0.00944. The average Bonchev–Trinajstić information content (AvgIpc) is 2.92. The van der Waals surface area contributed by atoms with Gasteiger partial charge in [0.15, 0.2) is 0 Å². The SMILES string of the molecule is CCNC(Cc1cccs1)C1(OC)CCC(C)(C)CC1. The van der Waals surface area contributed by atoms with Gasteiger partial charge in [-0.2, -0.15) is 0 Å². The smallest absolute Gasteiger partial charge is 0.0834 e. The van der Waals surface area contributed by atoms with E-state index in [9.17, 15) is 0 Å². The maximum atomic E-state index is 6.08. The molecule has 0 bridgehead atoms. The van der Waals surface area contributed by atoms with Gasteiger partial charge in [0.1, 0.15) is 0 Å². The Morgan fingerprint density at radius 1 is 1.30 bits per heavy atom. The summed E-state index contributed by atoms with van der Waals surface area (Å²) in [7, 11) is 1.90. The number of likely N-dealkylation sites (N-methyl/N-ethyl adjacent to an activating group) is 1. The van der Waals surface area contributed by atoms with Crippen LogP contribution < -0.4 is 5.32 Å². The Balaban J connectivity index is 2.12. The second kappa shape index (κ2) is 6.59. The number of hydrogen-bond acceptors (Lipinski definition) is 3. The lowest BCUT2D eigenvalue weighted by Crippen LogP contribution is -2.55. The van der Waals surface area contributed by atoms with Crippen molar-refractivity contribution in [2.75, 3.05) is 13.7 Å². The first-order chi connectivity index (χ1) is 9.51. The second-order valence-electron chi connectivity index (χ2n) is 6.83. The number of methoxy groups -OCH3 is 1. The first-order valence-corrected chi connectivity index (χ1v) is 8.70. The molecule has 1 aliphatic carbocycles. The Labute approximate surface area is 127 Å². The quantitative estimate of drug-likeness (QED) is 0.847. The van der Waals surface area contributed by atoms with Crippen molar-refractivity contribution in [2.45, 2.75) is 64.5 Å². The van der Waals surface area contributed by atoms with Gasteiger partial charge in [-0.05, 0) is 55.5 Å². The molecule has 0 aromatic carbocycles. The van der Waals surface area contributed by atoms with Crippen LogP contribution in [0.4, 0.5) is 0 Å². The van der Waals surface area contributed by atoms with E-state index < -0.39 is 0 Å². The lowest BCUT2D eigenvalue weighted by atomic mass is 9.68. The zero-order valence-corrected chi connectivity index (χ0v) is 14.2. The summed E-state index contributed by atoms with van der Waals surface area (Å²) in [6.45, 7) is 7.96. The average molecular weight is 295 g/mol. The Morgan fingerprint density at radius 2 is 2.00 bits per heavy atom. The molecule has 114 valence electrons. The highest BCUT2D eigenvalue weighted by atomic mass is 32.1. The molecule has 1 atom stereocenters. The molecule has 1 fully saturated rings. The minimum atomic E-state index is 0.00944. The Kier molecular flexibility index (Phi) is 5.27. The number of rotatable bonds is 6. The van der Waals surface area contributed by atoms with Crippen molar-refractivity contribution in [3.05, 3.63) is 22.4 Å². The molecule has 0 aliphatic heterocycles. The van der Waals surface area contributed by atoms with E-state index in [1.54, 1.807) is 0 Å². The molecule has 0 spiro atoms. The molecule has 2 rings (SSSR count). The Morgan fingerprint density at radius 3 is 2.50 bits per heavy atom. The van der Waals surface area contributed by atoms with Crippen LogP contribution in [0.15, 0.2) is 17.5 Å². The first kappa shape index (κ1) is 16.0. The lowest BCUT2D eigenvalue weighted by molar-refractivity contribution is -0.0857.